The van der Waals surface area contributed by atoms with Gasteiger partial charge in [-0.05, 0) is 45.2 Å². The van der Waals surface area contributed by atoms with Crippen LogP contribution in [0.15, 0.2) is 24.3 Å². The van der Waals surface area contributed by atoms with E-state index in [1.165, 1.54) is 10.9 Å². The van der Waals surface area contributed by atoms with Gasteiger partial charge in [0.2, 0.25) is 0 Å². The molecule has 1 N–H and O–H groups in total. The number of fused-ring (bicyclic) bond motifs is 1. The second kappa shape index (κ2) is 4.62. The van der Waals surface area contributed by atoms with Crippen molar-refractivity contribution in [2.45, 2.75) is 58.7 Å². The van der Waals surface area contributed by atoms with Gasteiger partial charge in [0.05, 0.1) is 11.2 Å². The molecule has 3 rings (SSSR count). The fourth-order valence-electron chi connectivity index (χ4n) is 2.95. The maximum atomic E-state index is 6.22. The average Bonchev–Trinajstić information content (AvgIpc) is 2.85. The fourth-order valence-corrected chi connectivity index (χ4v) is 2.95. The highest BCUT2D eigenvalue weighted by Crippen LogP contribution is 2.37. The van der Waals surface area contributed by atoms with Crippen LogP contribution in [0.25, 0.3) is 10.9 Å². The summed E-state index contributed by atoms with van der Waals surface area (Å²) < 4.78 is 12.4. The Morgan fingerprint density at radius 1 is 1.00 bits per heavy atom. The Balaban J connectivity index is 2.12. The Hall–Kier alpha value is -1.26. The molecule has 1 saturated heterocycles. The van der Waals surface area contributed by atoms with Gasteiger partial charge in [0.25, 0.3) is 0 Å². The molecule has 0 aliphatic carbocycles. The number of benzene rings is 1. The first-order valence-corrected chi connectivity index (χ1v) is 7.69. The van der Waals surface area contributed by atoms with Crippen molar-refractivity contribution < 1.29 is 9.31 Å². The molecule has 21 heavy (non-hydrogen) atoms. The van der Waals surface area contributed by atoms with E-state index in [1.54, 1.807) is 0 Å². The highest BCUT2D eigenvalue weighted by atomic mass is 16.7. The van der Waals surface area contributed by atoms with E-state index in [1.807, 2.05) is 0 Å². The molecule has 0 atom stereocenters. The van der Waals surface area contributed by atoms with Crippen LogP contribution in [0.5, 0.6) is 0 Å². The molecule has 4 heteroatoms. The highest BCUT2D eigenvalue weighted by molar-refractivity contribution is 6.62. The molecular formula is C17H24BNO2. The van der Waals surface area contributed by atoms with E-state index < -0.39 is 0 Å². The van der Waals surface area contributed by atoms with Gasteiger partial charge in [-0.1, -0.05) is 32.0 Å². The Morgan fingerprint density at radius 2 is 1.57 bits per heavy atom. The van der Waals surface area contributed by atoms with Crippen LogP contribution in [0.4, 0.5) is 0 Å². The van der Waals surface area contributed by atoms with E-state index in [4.69, 9.17) is 9.31 Å². The van der Waals surface area contributed by atoms with Crippen molar-refractivity contribution in [3.05, 3.63) is 29.8 Å². The minimum Gasteiger partial charge on any atom is -0.398 e. The molecule has 1 fully saturated rings. The molecule has 1 aromatic heterocycles. The van der Waals surface area contributed by atoms with Crippen LogP contribution in [0.1, 0.15) is 53.0 Å². The van der Waals surface area contributed by atoms with Crippen LogP contribution in [0, 0.1) is 0 Å². The van der Waals surface area contributed by atoms with Gasteiger partial charge in [0, 0.05) is 16.5 Å². The van der Waals surface area contributed by atoms with Crippen molar-refractivity contribution in [3.63, 3.8) is 0 Å². The zero-order valence-electron chi connectivity index (χ0n) is 13.8. The SMILES string of the molecule is CC(C)c1c(B2OC(C)(C)C(C)(C)O2)[nH]c2ccccc12. The lowest BCUT2D eigenvalue weighted by molar-refractivity contribution is 0.00578. The van der Waals surface area contributed by atoms with Crippen LogP contribution < -0.4 is 5.59 Å². The Labute approximate surface area is 127 Å². The van der Waals surface area contributed by atoms with Gasteiger partial charge in [0.15, 0.2) is 0 Å². The van der Waals surface area contributed by atoms with Gasteiger partial charge < -0.3 is 14.3 Å². The van der Waals surface area contributed by atoms with Crippen molar-refractivity contribution >= 4 is 23.6 Å². The lowest BCUT2D eigenvalue weighted by Crippen LogP contribution is -2.41. The maximum Gasteiger partial charge on any atom is 0.512 e. The summed E-state index contributed by atoms with van der Waals surface area (Å²) in [6, 6.07) is 8.40. The summed E-state index contributed by atoms with van der Waals surface area (Å²) in [5.41, 5.74) is 2.87. The van der Waals surface area contributed by atoms with Crippen molar-refractivity contribution in [1.29, 1.82) is 0 Å². The van der Waals surface area contributed by atoms with Crippen molar-refractivity contribution in [2.24, 2.45) is 0 Å². The molecule has 3 nitrogen and oxygen atoms in total. The molecule has 0 saturated carbocycles. The Morgan fingerprint density at radius 3 is 2.14 bits per heavy atom. The summed E-state index contributed by atoms with van der Waals surface area (Å²) >= 11 is 0. The van der Waals surface area contributed by atoms with Crippen LogP contribution in [0.3, 0.4) is 0 Å². The second-order valence-corrected chi connectivity index (χ2v) is 7.24. The molecule has 0 bridgehead atoms. The highest BCUT2D eigenvalue weighted by Gasteiger charge is 2.53. The van der Waals surface area contributed by atoms with Crippen molar-refractivity contribution in [2.75, 3.05) is 0 Å². The molecule has 2 aromatic rings. The van der Waals surface area contributed by atoms with Gasteiger partial charge >= 0.3 is 7.12 Å². The van der Waals surface area contributed by atoms with Gasteiger partial charge in [-0.25, -0.2) is 0 Å². The summed E-state index contributed by atoms with van der Waals surface area (Å²) in [5.74, 6) is 0.412. The lowest BCUT2D eigenvalue weighted by atomic mass is 9.78. The minimum atomic E-state index is -0.334. The van der Waals surface area contributed by atoms with Crippen LogP contribution >= 0.6 is 0 Å². The summed E-state index contributed by atoms with van der Waals surface area (Å²) in [6.07, 6.45) is 0. The predicted octanol–water partition coefficient (Wildman–Crippen LogP) is 3.59. The zero-order chi connectivity index (χ0) is 15.4. The van der Waals surface area contributed by atoms with Crippen LogP contribution in [0.2, 0.25) is 0 Å². The monoisotopic (exact) mass is 285 g/mol. The summed E-state index contributed by atoms with van der Waals surface area (Å²) in [5, 5.41) is 1.26. The number of rotatable bonds is 2. The number of hydrogen-bond donors (Lipinski definition) is 1. The number of H-pyrrole nitrogens is 1. The van der Waals surface area contributed by atoms with E-state index >= 15 is 0 Å². The quantitative estimate of drug-likeness (QED) is 0.856. The van der Waals surface area contributed by atoms with Gasteiger partial charge in [0.1, 0.15) is 0 Å². The third kappa shape index (κ3) is 2.21. The molecule has 0 radical (unpaired) electrons. The third-order valence-electron chi connectivity index (χ3n) is 4.84. The number of aromatic nitrogens is 1. The largest absolute Gasteiger partial charge is 0.512 e. The molecule has 0 unspecified atom stereocenters. The topological polar surface area (TPSA) is 34.2 Å². The second-order valence-electron chi connectivity index (χ2n) is 7.24. The Bertz CT molecular complexity index is 656. The van der Waals surface area contributed by atoms with Crippen LogP contribution in [-0.2, 0) is 9.31 Å². The van der Waals surface area contributed by atoms with E-state index in [-0.39, 0.29) is 18.3 Å². The zero-order valence-corrected chi connectivity index (χ0v) is 13.8. The van der Waals surface area contributed by atoms with Gasteiger partial charge in [-0.2, -0.15) is 0 Å². The van der Waals surface area contributed by atoms with Crippen LogP contribution in [-0.4, -0.2) is 23.3 Å². The van der Waals surface area contributed by atoms with Crippen molar-refractivity contribution in [3.8, 4) is 0 Å². The molecule has 1 aromatic carbocycles. The molecule has 1 aliphatic rings. The first-order chi connectivity index (χ1) is 9.73. The first-order valence-electron chi connectivity index (χ1n) is 7.69. The standard InChI is InChI=1S/C17H24BNO2/c1-11(2)14-12-9-7-8-10-13(12)19-15(14)18-20-16(3,4)17(5,6)21-18/h7-11,19H,1-6H3. The predicted molar refractivity (Wildman–Crippen MR) is 88.1 cm³/mol. The van der Waals surface area contributed by atoms with E-state index in [9.17, 15) is 0 Å². The van der Waals surface area contributed by atoms with Gasteiger partial charge in [-0.15, -0.1) is 0 Å². The molecule has 1 aliphatic heterocycles. The summed E-state index contributed by atoms with van der Waals surface area (Å²) in [7, 11) is -0.334. The number of hydrogen-bond acceptors (Lipinski definition) is 2. The smallest absolute Gasteiger partial charge is 0.398 e. The Kier molecular flexibility index (Phi) is 3.23. The van der Waals surface area contributed by atoms with Crippen molar-refractivity contribution in [1.82, 2.24) is 4.98 Å². The normalized spacial score (nSPS) is 20.6. The third-order valence-corrected chi connectivity index (χ3v) is 4.84. The van der Waals surface area contributed by atoms with Gasteiger partial charge in [-0.3, -0.25) is 0 Å². The molecular weight excluding hydrogens is 261 g/mol. The lowest BCUT2D eigenvalue weighted by Gasteiger charge is -2.32. The average molecular weight is 285 g/mol. The number of para-hydroxylation sites is 1. The van der Waals surface area contributed by atoms with E-state index in [0.717, 1.165) is 11.1 Å². The molecule has 0 spiro atoms. The molecule has 112 valence electrons. The minimum absolute atomic E-state index is 0.316. The maximum absolute atomic E-state index is 6.22. The molecule has 2 heterocycles. The van der Waals surface area contributed by atoms with E-state index in [2.05, 4.69) is 70.8 Å². The first kappa shape index (κ1) is 14.7. The summed E-state index contributed by atoms with van der Waals surface area (Å²) in [4.78, 5) is 3.51. The number of nitrogens with one attached hydrogen (secondary N) is 1. The van der Waals surface area contributed by atoms with E-state index in [0.29, 0.717) is 5.92 Å². The summed E-state index contributed by atoms with van der Waals surface area (Å²) in [6.45, 7) is 12.8. The molecule has 0 amide bonds. The number of aromatic amines is 1. The fraction of sp³-hybridized carbons (Fsp3) is 0.529.